The second-order valence-electron chi connectivity index (χ2n) is 4.97. The van der Waals surface area contributed by atoms with E-state index in [1.165, 1.54) is 22.3 Å². The number of pyridine rings is 1. The van der Waals surface area contributed by atoms with Gasteiger partial charge in [-0.3, -0.25) is 14.7 Å². The summed E-state index contributed by atoms with van der Waals surface area (Å²) < 4.78 is 13.7. The van der Waals surface area contributed by atoms with Gasteiger partial charge in [0.2, 0.25) is 5.91 Å². The molecule has 3 rings (SSSR count). The van der Waals surface area contributed by atoms with Crippen LogP contribution in [0.2, 0.25) is 0 Å². The van der Waals surface area contributed by atoms with E-state index < -0.39 is 0 Å². The molecule has 0 spiro atoms. The molecule has 3 aromatic rings. The zero-order chi connectivity index (χ0) is 16.2. The lowest BCUT2D eigenvalue weighted by Crippen LogP contribution is -2.28. The average Bonchev–Trinajstić information content (AvgIpc) is 3.07. The number of nitrogens with zero attached hydrogens (tertiary/aromatic N) is 3. The number of amides is 1. The van der Waals surface area contributed by atoms with Crippen molar-refractivity contribution in [2.75, 3.05) is 11.9 Å². The van der Waals surface area contributed by atoms with Crippen LogP contribution in [0.25, 0.3) is 11.3 Å². The predicted octanol–water partition coefficient (Wildman–Crippen LogP) is 3.55. The Hall–Kier alpha value is -2.60. The molecule has 0 saturated heterocycles. The highest BCUT2D eigenvalue weighted by molar-refractivity contribution is 7.14. The second kappa shape index (κ2) is 6.66. The van der Waals surface area contributed by atoms with Gasteiger partial charge in [-0.25, -0.2) is 9.37 Å². The first-order valence-electron chi connectivity index (χ1n) is 7.01. The smallest absolute Gasteiger partial charge is 0.233 e. The Kier molecular flexibility index (Phi) is 4.43. The topological polar surface area (TPSA) is 46.1 Å². The van der Waals surface area contributed by atoms with Gasteiger partial charge in [0.25, 0.3) is 0 Å². The molecule has 0 atom stereocenters. The Bertz CT molecular complexity index is 819. The number of anilines is 1. The molecule has 1 aromatic carbocycles. The molecule has 0 radical (unpaired) electrons. The van der Waals surface area contributed by atoms with Gasteiger partial charge in [0.05, 0.1) is 12.1 Å². The van der Waals surface area contributed by atoms with E-state index in [1.54, 1.807) is 37.6 Å². The zero-order valence-corrected chi connectivity index (χ0v) is 13.3. The Morgan fingerprint density at radius 3 is 2.70 bits per heavy atom. The first-order chi connectivity index (χ1) is 11.1. The fourth-order valence-electron chi connectivity index (χ4n) is 2.10. The molecule has 0 aliphatic heterocycles. The molecule has 116 valence electrons. The maximum Gasteiger partial charge on any atom is 0.233 e. The van der Waals surface area contributed by atoms with Gasteiger partial charge in [0, 0.05) is 30.4 Å². The Morgan fingerprint density at radius 2 is 1.96 bits per heavy atom. The van der Waals surface area contributed by atoms with Gasteiger partial charge < -0.3 is 0 Å². The third-order valence-corrected chi connectivity index (χ3v) is 4.35. The fraction of sp³-hybridized carbons (Fsp3) is 0.118. The summed E-state index contributed by atoms with van der Waals surface area (Å²) in [6, 6.07) is 10.0. The van der Waals surface area contributed by atoms with E-state index in [0.29, 0.717) is 10.7 Å². The molecule has 0 bridgehead atoms. The number of carbonyl (C=O) groups excluding carboxylic acids is 1. The van der Waals surface area contributed by atoms with Gasteiger partial charge in [-0.05, 0) is 23.8 Å². The molecule has 2 heterocycles. The number of aromatic nitrogens is 2. The number of benzene rings is 1. The van der Waals surface area contributed by atoms with E-state index >= 15 is 0 Å². The van der Waals surface area contributed by atoms with Crippen LogP contribution in [0.15, 0.2) is 54.2 Å². The third-order valence-electron chi connectivity index (χ3n) is 3.43. The van der Waals surface area contributed by atoms with Crippen molar-refractivity contribution in [3.8, 4) is 11.3 Å². The largest absolute Gasteiger partial charge is 0.291 e. The first kappa shape index (κ1) is 15.3. The summed E-state index contributed by atoms with van der Waals surface area (Å²) in [5.74, 6) is -0.573. The van der Waals surface area contributed by atoms with Crippen LogP contribution in [0.3, 0.4) is 0 Å². The number of thiazole rings is 1. The highest BCUT2D eigenvalue weighted by atomic mass is 32.1. The van der Waals surface area contributed by atoms with E-state index in [1.807, 2.05) is 17.5 Å². The number of likely N-dealkylation sites (N-methyl/N-ethyl adjacent to an activating group) is 1. The number of hydrogen-bond acceptors (Lipinski definition) is 4. The standard InChI is InChI=1S/C17H14FN3OS/c1-21(16(22)10-13-4-2-3-5-14(13)18)17-20-15(11-23-17)12-6-8-19-9-7-12/h2-9,11H,10H2,1H3. The molecule has 0 N–H and O–H groups in total. The maximum absolute atomic E-state index is 13.7. The highest BCUT2D eigenvalue weighted by Gasteiger charge is 2.17. The molecule has 0 unspecified atom stereocenters. The van der Waals surface area contributed by atoms with Crippen LogP contribution in [0.1, 0.15) is 5.56 Å². The van der Waals surface area contributed by atoms with Crippen molar-refractivity contribution in [1.29, 1.82) is 0 Å². The minimum absolute atomic E-state index is 0.00729. The van der Waals surface area contributed by atoms with Crippen molar-refractivity contribution in [1.82, 2.24) is 9.97 Å². The summed E-state index contributed by atoms with van der Waals surface area (Å²) in [5, 5.41) is 2.47. The van der Waals surface area contributed by atoms with E-state index in [2.05, 4.69) is 9.97 Å². The molecular weight excluding hydrogens is 313 g/mol. The molecule has 1 amide bonds. The van der Waals surface area contributed by atoms with Gasteiger partial charge >= 0.3 is 0 Å². The van der Waals surface area contributed by atoms with E-state index in [9.17, 15) is 9.18 Å². The lowest BCUT2D eigenvalue weighted by atomic mass is 10.1. The summed E-state index contributed by atoms with van der Waals surface area (Å²) in [7, 11) is 1.65. The molecule has 4 nitrogen and oxygen atoms in total. The van der Waals surface area contributed by atoms with Gasteiger partial charge in [-0.15, -0.1) is 11.3 Å². The highest BCUT2D eigenvalue weighted by Crippen LogP contribution is 2.26. The van der Waals surface area contributed by atoms with Gasteiger partial charge in [0.1, 0.15) is 5.82 Å². The van der Waals surface area contributed by atoms with Gasteiger partial charge in [-0.2, -0.15) is 0 Å². The van der Waals surface area contributed by atoms with Crippen LogP contribution in [-0.2, 0) is 11.2 Å². The molecule has 6 heteroatoms. The summed E-state index contributed by atoms with van der Waals surface area (Å²) in [4.78, 5) is 22.2. The number of halogens is 1. The minimum Gasteiger partial charge on any atom is -0.291 e. The van der Waals surface area contributed by atoms with Crippen molar-refractivity contribution in [3.05, 3.63) is 65.6 Å². The SMILES string of the molecule is CN(C(=O)Cc1ccccc1F)c1nc(-c2ccncc2)cs1. The quantitative estimate of drug-likeness (QED) is 0.736. The summed E-state index contributed by atoms with van der Waals surface area (Å²) in [6.07, 6.45) is 3.40. The van der Waals surface area contributed by atoms with E-state index in [-0.39, 0.29) is 18.1 Å². The molecule has 0 fully saturated rings. The van der Waals surface area contributed by atoms with Crippen molar-refractivity contribution >= 4 is 22.4 Å². The van der Waals surface area contributed by atoms with Crippen molar-refractivity contribution in [3.63, 3.8) is 0 Å². The zero-order valence-electron chi connectivity index (χ0n) is 12.4. The van der Waals surface area contributed by atoms with Gasteiger partial charge in [-0.1, -0.05) is 18.2 Å². The number of rotatable bonds is 4. The normalized spacial score (nSPS) is 10.5. The molecule has 23 heavy (non-hydrogen) atoms. The Balaban J connectivity index is 1.76. The second-order valence-corrected chi connectivity index (χ2v) is 5.81. The van der Waals surface area contributed by atoms with E-state index in [4.69, 9.17) is 0 Å². The lowest BCUT2D eigenvalue weighted by molar-refractivity contribution is -0.117. The van der Waals surface area contributed by atoms with Crippen molar-refractivity contribution in [2.24, 2.45) is 0 Å². The average molecular weight is 327 g/mol. The van der Waals surface area contributed by atoms with Crippen LogP contribution >= 0.6 is 11.3 Å². The molecule has 2 aromatic heterocycles. The third kappa shape index (κ3) is 3.43. The first-order valence-corrected chi connectivity index (χ1v) is 7.89. The predicted molar refractivity (Wildman–Crippen MR) is 88.9 cm³/mol. The van der Waals surface area contributed by atoms with Crippen LogP contribution < -0.4 is 4.90 Å². The van der Waals surface area contributed by atoms with Crippen LogP contribution in [0.5, 0.6) is 0 Å². The van der Waals surface area contributed by atoms with Crippen molar-refractivity contribution < 1.29 is 9.18 Å². The van der Waals surface area contributed by atoms with E-state index in [0.717, 1.165) is 11.3 Å². The Morgan fingerprint density at radius 1 is 1.22 bits per heavy atom. The summed E-state index contributed by atoms with van der Waals surface area (Å²) in [6.45, 7) is 0. The summed E-state index contributed by atoms with van der Waals surface area (Å²) >= 11 is 1.38. The summed E-state index contributed by atoms with van der Waals surface area (Å²) in [5.41, 5.74) is 2.12. The molecule has 0 aliphatic rings. The fourth-order valence-corrected chi connectivity index (χ4v) is 2.92. The molecular formula is C17H14FN3OS. The Labute approximate surface area is 137 Å². The monoisotopic (exact) mass is 327 g/mol. The minimum atomic E-state index is -0.370. The van der Waals surface area contributed by atoms with Crippen LogP contribution in [-0.4, -0.2) is 22.9 Å². The lowest BCUT2D eigenvalue weighted by Gasteiger charge is -2.14. The van der Waals surface area contributed by atoms with Crippen LogP contribution in [0.4, 0.5) is 9.52 Å². The van der Waals surface area contributed by atoms with Gasteiger partial charge in [0.15, 0.2) is 5.13 Å². The molecule has 0 saturated carbocycles. The van der Waals surface area contributed by atoms with Crippen molar-refractivity contribution in [2.45, 2.75) is 6.42 Å². The number of hydrogen-bond donors (Lipinski definition) is 0. The molecule has 0 aliphatic carbocycles. The van der Waals surface area contributed by atoms with Crippen LogP contribution in [0, 0.1) is 5.82 Å². The maximum atomic E-state index is 13.7. The number of carbonyl (C=O) groups is 1.